The summed E-state index contributed by atoms with van der Waals surface area (Å²) in [5.74, 6) is -0.283. The average molecular weight is 320 g/mol. The van der Waals surface area contributed by atoms with Crippen molar-refractivity contribution in [3.05, 3.63) is 46.6 Å². The Morgan fingerprint density at radius 3 is 2.89 bits per heavy atom. The molecule has 0 saturated heterocycles. The lowest BCUT2D eigenvalue weighted by Gasteiger charge is -2.08. The Labute approximate surface area is 119 Å². The summed E-state index contributed by atoms with van der Waals surface area (Å²) in [6.45, 7) is 1.89. The SMILES string of the molecule is CCC(C#N)c1nccc(-c2cc(Br)ccc2F)n1. The number of aromatic nitrogens is 2. The average Bonchev–Trinajstić information content (AvgIpc) is 2.43. The lowest BCUT2D eigenvalue weighted by Crippen LogP contribution is -2.02. The summed E-state index contributed by atoms with van der Waals surface area (Å²) in [6, 6.07) is 8.45. The van der Waals surface area contributed by atoms with Crippen LogP contribution in [-0.2, 0) is 0 Å². The molecule has 1 heterocycles. The highest BCUT2D eigenvalue weighted by atomic mass is 79.9. The number of nitrogens with zero attached hydrogens (tertiary/aromatic N) is 3. The molecule has 2 rings (SSSR count). The first-order valence-corrected chi connectivity index (χ1v) is 6.63. The number of hydrogen-bond acceptors (Lipinski definition) is 3. The third-order valence-electron chi connectivity index (χ3n) is 2.75. The van der Waals surface area contributed by atoms with Gasteiger partial charge in [0.25, 0.3) is 0 Å². The quantitative estimate of drug-likeness (QED) is 0.857. The Balaban J connectivity index is 2.49. The van der Waals surface area contributed by atoms with Gasteiger partial charge in [-0.3, -0.25) is 0 Å². The molecule has 2 aromatic rings. The largest absolute Gasteiger partial charge is 0.240 e. The minimum absolute atomic E-state index is 0.349. The molecule has 1 unspecified atom stereocenters. The van der Waals surface area contributed by atoms with Gasteiger partial charge in [-0.1, -0.05) is 22.9 Å². The Morgan fingerprint density at radius 1 is 1.42 bits per heavy atom. The predicted molar refractivity (Wildman–Crippen MR) is 73.8 cm³/mol. The van der Waals surface area contributed by atoms with E-state index in [9.17, 15) is 4.39 Å². The highest BCUT2D eigenvalue weighted by Gasteiger charge is 2.14. The third-order valence-corrected chi connectivity index (χ3v) is 3.25. The van der Waals surface area contributed by atoms with Gasteiger partial charge >= 0.3 is 0 Å². The van der Waals surface area contributed by atoms with E-state index in [1.807, 2.05) is 6.92 Å². The first kappa shape index (κ1) is 13.6. The Morgan fingerprint density at radius 2 is 2.21 bits per heavy atom. The van der Waals surface area contributed by atoms with E-state index < -0.39 is 0 Å². The van der Waals surface area contributed by atoms with Crippen LogP contribution in [0.3, 0.4) is 0 Å². The maximum Gasteiger partial charge on any atom is 0.146 e. The molecule has 1 aromatic carbocycles. The third kappa shape index (κ3) is 2.96. The van der Waals surface area contributed by atoms with Gasteiger partial charge in [0.2, 0.25) is 0 Å². The molecule has 0 amide bonds. The van der Waals surface area contributed by atoms with Crippen molar-refractivity contribution in [3.8, 4) is 17.3 Å². The zero-order valence-electron chi connectivity index (χ0n) is 10.3. The minimum atomic E-state index is -0.366. The van der Waals surface area contributed by atoms with Crippen molar-refractivity contribution in [2.75, 3.05) is 0 Å². The van der Waals surface area contributed by atoms with Crippen LogP contribution in [0.1, 0.15) is 25.1 Å². The van der Waals surface area contributed by atoms with Gasteiger partial charge in [-0.05, 0) is 30.7 Å². The first-order chi connectivity index (χ1) is 9.15. The summed E-state index contributed by atoms with van der Waals surface area (Å²) in [7, 11) is 0. The summed E-state index contributed by atoms with van der Waals surface area (Å²) < 4.78 is 14.6. The van der Waals surface area contributed by atoms with Crippen molar-refractivity contribution < 1.29 is 4.39 Å². The molecule has 0 aliphatic rings. The van der Waals surface area contributed by atoms with Crippen molar-refractivity contribution in [3.63, 3.8) is 0 Å². The van der Waals surface area contributed by atoms with Crippen LogP contribution in [0, 0.1) is 17.1 Å². The van der Waals surface area contributed by atoms with E-state index in [-0.39, 0.29) is 11.7 Å². The Kier molecular flexibility index (Phi) is 4.23. The molecule has 1 atom stereocenters. The number of hydrogen-bond donors (Lipinski definition) is 0. The van der Waals surface area contributed by atoms with Gasteiger partial charge in [0, 0.05) is 16.2 Å². The summed E-state index contributed by atoms with van der Waals surface area (Å²) in [6.07, 6.45) is 2.18. The maximum absolute atomic E-state index is 13.8. The summed E-state index contributed by atoms with van der Waals surface area (Å²) in [5.41, 5.74) is 0.878. The van der Waals surface area contributed by atoms with E-state index in [0.29, 0.717) is 23.5 Å². The predicted octanol–water partition coefficient (Wildman–Crippen LogP) is 4.06. The molecule has 0 aliphatic heterocycles. The van der Waals surface area contributed by atoms with E-state index in [1.165, 1.54) is 6.07 Å². The van der Waals surface area contributed by atoms with Crippen molar-refractivity contribution in [1.82, 2.24) is 9.97 Å². The second kappa shape index (κ2) is 5.89. The van der Waals surface area contributed by atoms with Gasteiger partial charge in [-0.25, -0.2) is 14.4 Å². The molecule has 3 nitrogen and oxygen atoms in total. The van der Waals surface area contributed by atoms with Gasteiger partial charge < -0.3 is 0 Å². The van der Waals surface area contributed by atoms with E-state index in [4.69, 9.17) is 5.26 Å². The first-order valence-electron chi connectivity index (χ1n) is 5.83. The van der Waals surface area contributed by atoms with Crippen LogP contribution in [0.15, 0.2) is 34.9 Å². The lowest BCUT2D eigenvalue weighted by molar-refractivity contribution is 0.630. The van der Waals surface area contributed by atoms with Crippen LogP contribution in [0.5, 0.6) is 0 Å². The summed E-state index contributed by atoms with van der Waals surface area (Å²) in [5, 5.41) is 9.03. The Hall–Kier alpha value is -1.80. The normalized spacial score (nSPS) is 11.9. The van der Waals surface area contributed by atoms with Gasteiger partial charge in [-0.15, -0.1) is 0 Å². The smallest absolute Gasteiger partial charge is 0.146 e. The van der Waals surface area contributed by atoms with Crippen LogP contribution < -0.4 is 0 Å². The molecule has 0 saturated carbocycles. The number of benzene rings is 1. The molecule has 19 heavy (non-hydrogen) atoms. The van der Waals surface area contributed by atoms with Crippen molar-refractivity contribution in [2.24, 2.45) is 0 Å². The minimum Gasteiger partial charge on any atom is -0.240 e. The number of nitriles is 1. The van der Waals surface area contributed by atoms with Crippen LogP contribution in [0.25, 0.3) is 11.3 Å². The summed E-state index contributed by atoms with van der Waals surface area (Å²) in [4.78, 5) is 8.38. The van der Waals surface area contributed by atoms with Crippen LogP contribution >= 0.6 is 15.9 Å². The van der Waals surface area contributed by atoms with E-state index in [1.54, 1.807) is 24.4 Å². The van der Waals surface area contributed by atoms with Crippen molar-refractivity contribution >= 4 is 15.9 Å². The maximum atomic E-state index is 13.8. The molecule has 1 aromatic heterocycles. The van der Waals surface area contributed by atoms with Crippen LogP contribution in [0.4, 0.5) is 4.39 Å². The molecule has 0 fully saturated rings. The zero-order chi connectivity index (χ0) is 13.8. The standard InChI is InChI=1S/C14H11BrFN3/c1-2-9(8-17)14-18-6-5-13(19-14)11-7-10(15)3-4-12(11)16/h3-7,9H,2H2,1H3. The highest BCUT2D eigenvalue weighted by Crippen LogP contribution is 2.25. The van der Waals surface area contributed by atoms with Gasteiger partial charge in [0.15, 0.2) is 0 Å². The van der Waals surface area contributed by atoms with E-state index in [2.05, 4.69) is 32.0 Å². The van der Waals surface area contributed by atoms with Gasteiger partial charge in [0.1, 0.15) is 17.6 Å². The molecule has 96 valence electrons. The summed E-state index contributed by atoms with van der Waals surface area (Å²) >= 11 is 3.31. The van der Waals surface area contributed by atoms with E-state index >= 15 is 0 Å². The monoisotopic (exact) mass is 319 g/mol. The van der Waals surface area contributed by atoms with E-state index in [0.717, 1.165) is 4.47 Å². The zero-order valence-corrected chi connectivity index (χ0v) is 11.9. The lowest BCUT2D eigenvalue weighted by atomic mass is 10.1. The number of halogens is 2. The molecule has 0 spiro atoms. The highest BCUT2D eigenvalue weighted by molar-refractivity contribution is 9.10. The van der Waals surface area contributed by atoms with Crippen molar-refractivity contribution in [2.45, 2.75) is 19.3 Å². The Bertz CT molecular complexity index is 637. The van der Waals surface area contributed by atoms with Gasteiger partial charge in [-0.2, -0.15) is 5.26 Å². The molecular weight excluding hydrogens is 309 g/mol. The fourth-order valence-electron chi connectivity index (χ4n) is 1.72. The molecular formula is C14H11BrFN3. The van der Waals surface area contributed by atoms with Crippen molar-refractivity contribution in [1.29, 1.82) is 5.26 Å². The fraction of sp³-hybridized carbons (Fsp3) is 0.214. The second-order valence-electron chi connectivity index (χ2n) is 4.01. The number of rotatable bonds is 3. The second-order valence-corrected chi connectivity index (χ2v) is 4.93. The molecule has 5 heteroatoms. The molecule has 0 bridgehead atoms. The van der Waals surface area contributed by atoms with Gasteiger partial charge in [0.05, 0.1) is 11.8 Å². The van der Waals surface area contributed by atoms with Crippen LogP contribution in [0.2, 0.25) is 0 Å². The fourth-order valence-corrected chi connectivity index (χ4v) is 2.08. The molecule has 0 aliphatic carbocycles. The molecule has 0 radical (unpaired) electrons. The molecule has 0 N–H and O–H groups in total. The van der Waals surface area contributed by atoms with Crippen LogP contribution in [-0.4, -0.2) is 9.97 Å². The topological polar surface area (TPSA) is 49.6 Å².